The van der Waals surface area contributed by atoms with Crippen molar-refractivity contribution in [1.29, 1.82) is 0 Å². The van der Waals surface area contributed by atoms with Gasteiger partial charge in [-0.1, -0.05) is 50.0 Å². The summed E-state index contributed by atoms with van der Waals surface area (Å²) >= 11 is 11.4. The number of halogens is 2. The van der Waals surface area contributed by atoms with E-state index in [0.717, 1.165) is 11.3 Å². The molecule has 1 aromatic carbocycles. The van der Waals surface area contributed by atoms with Crippen molar-refractivity contribution in [2.45, 2.75) is 38.9 Å². The highest BCUT2D eigenvalue weighted by Gasteiger charge is 2.39. The molecule has 0 bridgehead atoms. The lowest BCUT2D eigenvalue weighted by Gasteiger charge is -2.36. The van der Waals surface area contributed by atoms with Gasteiger partial charge in [-0.25, -0.2) is 0 Å². The molecule has 112 valence electrons. The average Bonchev–Trinajstić information content (AvgIpc) is 2.28. The summed E-state index contributed by atoms with van der Waals surface area (Å²) in [6.45, 7) is 11.0. The topological polar surface area (TPSA) is 18.5 Å². The minimum absolute atomic E-state index is 0.135. The SMILES string of the molecule is COc1cc(C=C(Cl)Cl)ccc1O[Si](C)(C)C(C)(C)C. The predicted octanol–water partition coefficient (Wildman–Crippen LogP) is 5.86. The molecule has 0 aliphatic rings. The maximum absolute atomic E-state index is 6.28. The van der Waals surface area contributed by atoms with E-state index < -0.39 is 8.32 Å². The Balaban J connectivity index is 3.11. The number of benzene rings is 1. The number of ether oxygens (including phenoxy) is 1. The lowest BCUT2D eigenvalue weighted by atomic mass is 10.2. The van der Waals surface area contributed by atoms with Crippen molar-refractivity contribution in [3.8, 4) is 11.5 Å². The first-order valence-corrected chi connectivity index (χ1v) is 10.1. The van der Waals surface area contributed by atoms with Crippen LogP contribution in [0.4, 0.5) is 0 Å². The van der Waals surface area contributed by atoms with E-state index in [0.29, 0.717) is 5.75 Å². The van der Waals surface area contributed by atoms with Gasteiger partial charge in [-0.3, -0.25) is 0 Å². The van der Waals surface area contributed by atoms with Gasteiger partial charge in [0.05, 0.1) is 7.11 Å². The molecule has 0 saturated heterocycles. The van der Waals surface area contributed by atoms with E-state index in [1.807, 2.05) is 18.2 Å². The minimum atomic E-state index is -1.89. The fraction of sp³-hybridized carbons (Fsp3) is 0.467. The highest BCUT2D eigenvalue weighted by Crippen LogP contribution is 2.40. The summed E-state index contributed by atoms with van der Waals surface area (Å²) in [7, 11) is -0.262. The van der Waals surface area contributed by atoms with Crippen LogP contribution in [-0.4, -0.2) is 15.4 Å². The molecule has 0 radical (unpaired) electrons. The summed E-state index contributed by atoms with van der Waals surface area (Å²) in [5.41, 5.74) is 0.879. The van der Waals surface area contributed by atoms with Crippen molar-refractivity contribution in [1.82, 2.24) is 0 Å². The molecule has 0 saturated carbocycles. The number of hydrogen-bond donors (Lipinski definition) is 0. The van der Waals surface area contributed by atoms with Crippen LogP contribution in [0.5, 0.6) is 11.5 Å². The Labute approximate surface area is 132 Å². The van der Waals surface area contributed by atoms with Crippen LogP contribution in [0.25, 0.3) is 6.08 Å². The van der Waals surface area contributed by atoms with Gasteiger partial charge in [0.15, 0.2) is 5.75 Å². The van der Waals surface area contributed by atoms with Crippen LogP contribution in [0.2, 0.25) is 18.1 Å². The zero-order valence-corrected chi connectivity index (χ0v) is 15.4. The van der Waals surface area contributed by atoms with Gasteiger partial charge >= 0.3 is 0 Å². The Morgan fingerprint density at radius 3 is 2.20 bits per heavy atom. The fourth-order valence-electron chi connectivity index (χ4n) is 1.41. The zero-order chi connectivity index (χ0) is 15.6. The van der Waals surface area contributed by atoms with E-state index in [1.165, 1.54) is 0 Å². The van der Waals surface area contributed by atoms with Crippen LogP contribution in [0.3, 0.4) is 0 Å². The maximum atomic E-state index is 6.28. The Kier molecular flexibility index (Phi) is 5.59. The van der Waals surface area contributed by atoms with Crippen LogP contribution < -0.4 is 9.16 Å². The van der Waals surface area contributed by atoms with Crippen LogP contribution in [-0.2, 0) is 0 Å². The Hall–Kier alpha value is -0.643. The monoisotopic (exact) mass is 332 g/mol. The van der Waals surface area contributed by atoms with Crippen molar-refractivity contribution in [2.24, 2.45) is 0 Å². The number of rotatable bonds is 4. The van der Waals surface area contributed by atoms with Gasteiger partial charge in [-0.2, -0.15) is 0 Å². The van der Waals surface area contributed by atoms with Crippen LogP contribution in [0.15, 0.2) is 22.7 Å². The van der Waals surface area contributed by atoms with Crippen molar-refractivity contribution >= 4 is 37.6 Å². The molecular weight excluding hydrogens is 311 g/mol. The van der Waals surface area contributed by atoms with Crippen molar-refractivity contribution < 1.29 is 9.16 Å². The minimum Gasteiger partial charge on any atom is -0.541 e. The van der Waals surface area contributed by atoms with Gasteiger partial charge in [0, 0.05) is 0 Å². The van der Waals surface area contributed by atoms with E-state index in [-0.39, 0.29) is 9.53 Å². The summed E-state index contributed by atoms with van der Waals surface area (Å²) in [4.78, 5) is 0. The molecule has 0 aromatic heterocycles. The fourth-order valence-corrected chi connectivity index (χ4v) is 2.69. The third-order valence-corrected chi connectivity index (χ3v) is 8.20. The zero-order valence-electron chi connectivity index (χ0n) is 12.9. The first kappa shape index (κ1) is 17.4. The highest BCUT2D eigenvalue weighted by molar-refractivity contribution is 6.74. The third kappa shape index (κ3) is 4.44. The molecular formula is C15H22Cl2O2Si. The molecule has 0 fully saturated rings. The van der Waals surface area contributed by atoms with Gasteiger partial charge < -0.3 is 9.16 Å². The van der Waals surface area contributed by atoms with E-state index in [1.54, 1.807) is 13.2 Å². The smallest absolute Gasteiger partial charge is 0.250 e. The Morgan fingerprint density at radius 2 is 1.75 bits per heavy atom. The summed E-state index contributed by atoms with van der Waals surface area (Å²) in [5.74, 6) is 1.46. The second kappa shape index (κ2) is 6.42. The molecule has 0 aliphatic carbocycles. The Bertz CT molecular complexity index is 501. The molecule has 5 heteroatoms. The van der Waals surface area contributed by atoms with Crippen molar-refractivity contribution in [2.75, 3.05) is 7.11 Å². The first-order valence-electron chi connectivity index (χ1n) is 6.46. The highest BCUT2D eigenvalue weighted by atomic mass is 35.5. The lowest BCUT2D eigenvalue weighted by Crippen LogP contribution is -2.43. The normalized spacial score (nSPS) is 12.0. The first-order chi connectivity index (χ1) is 9.06. The third-order valence-electron chi connectivity index (χ3n) is 3.63. The van der Waals surface area contributed by atoms with Gasteiger partial charge in [-0.15, -0.1) is 0 Å². The summed E-state index contributed by atoms with van der Waals surface area (Å²) in [5, 5.41) is 0.135. The number of hydrogen-bond acceptors (Lipinski definition) is 2. The lowest BCUT2D eigenvalue weighted by molar-refractivity contribution is 0.386. The molecule has 0 amide bonds. The summed E-state index contributed by atoms with van der Waals surface area (Å²) in [6.07, 6.45) is 1.67. The molecule has 20 heavy (non-hydrogen) atoms. The second-order valence-corrected chi connectivity index (χ2v) is 11.9. The van der Waals surface area contributed by atoms with Crippen molar-refractivity contribution in [3.05, 3.63) is 28.3 Å². The molecule has 1 aromatic rings. The summed E-state index contributed by atoms with van der Waals surface area (Å²) < 4.78 is 11.9. The Morgan fingerprint density at radius 1 is 1.15 bits per heavy atom. The predicted molar refractivity (Wildman–Crippen MR) is 90.5 cm³/mol. The largest absolute Gasteiger partial charge is 0.541 e. The van der Waals surface area contributed by atoms with Gasteiger partial charge in [0.2, 0.25) is 0 Å². The molecule has 2 nitrogen and oxygen atoms in total. The molecule has 0 unspecified atom stereocenters. The average molecular weight is 333 g/mol. The van der Waals surface area contributed by atoms with E-state index in [4.69, 9.17) is 32.4 Å². The number of methoxy groups -OCH3 is 1. The quantitative estimate of drug-likeness (QED) is 0.643. The van der Waals surface area contributed by atoms with Crippen LogP contribution >= 0.6 is 23.2 Å². The van der Waals surface area contributed by atoms with Gasteiger partial charge in [0.1, 0.15) is 10.2 Å². The standard InChI is InChI=1S/C15H22Cl2O2Si/c1-15(2,3)20(5,6)19-12-8-7-11(10-14(16)17)9-13(12)18-4/h7-10H,1-6H3. The molecule has 0 heterocycles. The molecule has 0 spiro atoms. The van der Waals surface area contributed by atoms with E-state index in [9.17, 15) is 0 Å². The molecule has 0 atom stereocenters. The van der Waals surface area contributed by atoms with Gasteiger partial charge in [0.25, 0.3) is 8.32 Å². The molecule has 0 aliphatic heterocycles. The second-order valence-electron chi connectivity index (χ2n) is 6.21. The molecule has 0 N–H and O–H groups in total. The maximum Gasteiger partial charge on any atom is 0.250 e. The van der Waals surface area contributed by atoms with Crippen LogP contribution in [0.1, 0.15) is 26.3 Å². The summed E-state index contributed by atoms with van der Waals surface area (Å²) in [6, 6.07) is 5.69. The molecule has 1 rings (SSSR count). The van der Waals surface area contributed by atoms with Crippen molar-refractivity contribution in [3.63, 3.8) is 0 Å². The van der Waals surface area contributed by atoms with Crippen LogP contribution in [0, 0.1) is 0 Å². The van der Waals surface area contributed by atoms with E-state index >= 15 is 0 Å². The van der Waals surface area contributed by atoms with E-state index in [2.05, 4.69) is 33.9 Å². The van der Waals surface area contributed by atoms with Gasteiger partial charge in [-0.05, 0) is 41.9 Å².